The van der Waals surface area contributed by atoms with E-state index in [4.69, 9.17) is 9.47 Å². The molecule has 7 heteroatoms. The molecule has 28 heavy (non-hydrogen) atoms. The third kappa shape index (κ3) is 4.65. The van der Waals surface area contributed by atoms with Gasteiger partial charge in [-0.1, -0.05) is 12.1 Å². The van der Waals surface area contributed by atoms with Gasteiger partial charge in [0.2, 0.25) is 0 Å². The SMILES string of the molecule is COc1cc(OC)cc(C(=O)NC2CCN(C(=O)c3ccccc3Br)CC2)c1. The fourth-order valence-electron chi connectivity index (χ4n) is 3.24. The Bertz CT molecular complexity index is 841. The Morgan fingerprint density at radius 2 is 1.64 bits per heavy atom. The summed E-state index contributed by atoms with van der Waals surface area (Å²) in [6, 6.07) is 12.5. The number of benzene rings is 2. The lowest BCUT2D eigenvalue weighted by atomic mass is 10.0. The maximum Gasteiger partial charge on any atom is 0.254 e. The molecule has 2 aromatic rings. The molecule has 0 atom stereocenters. The van der Waals surface area contributed by atoms with E-state index in [9.17, 15) is 9.59 Å². The van der Waals surface area contributed by atoms with Crippen LogP contribution in [-0.2, 0) is 0 Å². The average molecular weight is 447 g/mol. The number of ether oxygens (including phenoxy) is 2. The van der Waals surface area contributed by atoms with Gasteiger partial charge in [-0.05, 0) is 53.0 Å². The van der Waals surface area contributed by atoms with Gasteiger partial charge in [-0.15, -0.1) is 0 Å². The molecular weight excluding hydrogens is 424 g/mol. The maximum absolute atomic E-state index is 12.7. The first kappa shape index (κ1) is 20.2. The molecule has 2 amide bonds. The van der Waals surface area contributed by atoms with Gasteiger partial charge >= 0.3 is 0 Å². The zero-order valence-electron chi connectivity index (χ0n) is 15.9. The number of nitrogens with one attached hydrogen (secondary N) is 1. The van der Waals surface area contributed by atoms with Crippen LogP contribution in [-0.4, -0.2) is 50.1 Å². The Balaban J connectivity index is 1.59. The van der Waals surface area contributed by atoms with Crippen molar-refractivity contribution in [2.45, 2.75) is 18.9 Å². The van der Waals surface area contributed by atoms with E-state index in [0.717, 1.165) is 4.47 Å². The highest BCUT2D eigenvalue weighted by molar-refractivity contribution is 9.10. The second-order valence-corrected chi connectivity index (χ2v) is 7.48. The number of carbonyl (C=O) groups is 2. The molecule has 0 saturated carbocycles. The van der Waals surface area contributed by atoms with Crippen molar-refractivity contribution >= 4 is 27.7 Å². The van der Waals surface area contributed by atoms with E-state index in [1.54, 1.807) is 32.4 Å². The summed E-state index contributed by atoms with van der Waals surface area (Å²) in [6.07, 6.45) is 1.42. The highest BCUT2D eigenvalue weighted by Gasteiger charge is 2.26. The zero-order chi connectivity index (χ0) is 20.1. The second kappa shape index (κ2) is 9.10. The van der Waals surface area contributed by atoms with Crippen molar-refractivity contribution in [2.75, 3.05) is 27.3 Å². The molecule has 0 spiro atoms. The molecule has 1 aliphatic heterocycles. The van der Waals surface area contributed by atoms with Gasteiger partial charge in [0.25, 0.3) is 11.8 Å². The van der Waals surface area contributed by atoms with E-state index in [1.807, 2.05) is 29.2 Å². The lowest BCUT2D eigenvalue weighted by Gasteiger charge is -2.32. The van der Waals surface area contributed by atoms with Crippen LogP contribution in [0.1, 0.15) is 33.6 Å². The zero-order valence-corrected chi connectivity index (χ0v) is 17.5. The molecule has 0 aromatic heterocycles. The quantitative estimate of drug-likeness (QED) is 0.762. The highest BCUT2D eigenvalue weighted by atomic mass is 79.9. The van der Waals surface area contributed by atoms with Crippen LogP contribution in [0.15, 0.2) is 46.9 Å². The summed E-state index contributed by atoms with van der Waals surface area (Å²) in [7, 11) is 3.10. The van der Waals surface area contributed by atoms with Crippen LogP contribution >= 0.6 is 15.9 Å². The smallest absolute Gasteiger partial charge is 0.254 e. The van der Waals surface area contributed by atoms with Gasteiger partial charge in [0.15, 0.2) is 0 Å². The minimum Gasteiger partial charge on any atom is -0.497 e. The Labute approximate surface area is 172 Å². The fourth-order valence-corrected chi connectivity index (χ4v) is 3.69. The van der Waals surface area contributed by atoms with Gasteiger partial charge in [-0.3, -0.25) is 9.59 Å². The van der Waals surface area contributed by atoms with Crippen LogP contribution < -0.4 is 14.8 Å². The van der Waals surface area contributed by atoms with Crippen LogP contribution in [0.5, 0.6) is 11.5 Å². The number of hydrogen-bond donors (Lipinski definition) is 1. The molecule has 6 nitrogen and oxygen atoms in total. The van der Waals surface area contributed by atoms with Gasteiger partial charge in [0.1, 0.15) is 11.5 Å². The highest BCUT2D eigenvalue weighted by Crippen LogP contribution is 2.23. The Kier molecular flexibility index (Phi) is 6.57. The summed E-state index contributed by atoms with van der Waals surface area (Å²) in [6.45, 7) is 1.21. The summed E-state index contributed by atoms with van der Waals surface area (Å²) in [4.78, 5) is 27.1. The Morgan fingerprint density at radius 1 is 1.04 bits per heavy atom. The molecule has 0 radical (unpaired) electrons. The first-order chi connectivity index (χ1) is 13.5. The molecule has 0 unspecified atom stereocenters. The molecule has 148 valence electrons. The van der Waals surface area contributed by atoms with Crippen LogP contribution in [0, 0.1) is 0 Å². The summed E-state index contributed by atoms with van der Waals surface area (Å²) in [5.41, 5.74) is 1.15. The number of methoxy groups -OCH3 is 2. The molecule has 2 aromatic carbocycles. The minimum atomic E-state index is -0.173. The van der Waals surface area contributed by atoms with Crippen LogP contribution in [0.3, 0.4) is 0 Å². The number of rotatable bonds is 5. The summed E-state index contributed by atoms with van der Waals surface area (Å²) in [5.74, 6) is 0.972. The molecule has 1 saturated heterocycles. The van der Waals surface area contributed by atoms with Crippen molar-refractivity contribution in [3.05, 3.63) is 58.1 Å². The maximum atomic E-state index is 12.7. The van der Waals surface area contributed by atoms with Gasteiger partial charge in [-0.25, -0.2) is 0 Å². The van der Waals surface area contributed by atoms with Crippen molar-refractivity contribution in [3.63, 3.8) is 0 Å². The van der Waals surface area contributed by atoms with Crippen LogP contribution in [0.2, 0.25) is 0 Å². The number of halogens is 1. The molecule has 0 aliphatic carbocycles. The number of piperidine rings is 1. The lowest BCUT2D eigenvalue weighted by Crippen LogP contribution is -2.46. The third-order valence-electron chi connectivity index (χ3n) is 4.84. The lowest BCUT2D eigenvalue weighted by molar-refractivity contribution is 0.0697. The topological polar surface area (TPSA) is 67.9 Å². The second-order valence-electron chi connectivity index (χ2n) is 6.62. The van der Waals surface area contributed by atoms with E-state index in [0.29, 0.717) is 48.6 Å². The third-order valence-corrected chi connectivity index (χ3v) is 5.53. The van der Waals surface area contributed by atoms with E-state index in [1.165, 1.54) is 0 Å². The van der Waals surface area contributed by atoms with Crippen molar-refractivity contribution in [3.8, 4) is 11.5 Å². The predicted molar refractivity (Wildman–Crippen MR) is 110 cm³/mol. The van der Waals surface area contributed by atoms with Crippen molar-refractivity contribution in [1.82, 2.24) is 10.2 Å². The Hall–Kier alpha value is -2.54. The minimum absolute atomic E-state index is 0.00906. The Morgan fingerprint density at radius 3 is 2.21 bits per heavy atom. The van der Waals surface area contributed by atoms with Crippen molar-refractivity contribution in [2.24, 2.45) is 0 Å². The molecule has 1 heterocycles. The van der Waals surface area contributed by atoms with E-state index < -0.39 is 0 Å². The molecule has 1 aliphatic rings. The van der Waals surface area contributed by atoms with E-state index in [-0.39, 0.29) is 17.9 Å². The summed E-state index contributed by atoms with van der Waals surface area (Å²) >= 11 is 3.43. The number of hydrogen-bond acceptors (Lipinski definition) is 4. The number of carbonyl (C=O) groups excluding carboxylic acids is 2. The molecule has 3 rings (SSSR count). The molecule has 0 bridgehead atoms. The largest absolute Gasteiger partial charge is 0.497 e. The average Bonchev–Trinajstić information content (AvgIpc) is 2.73. The first-order valence-corrected chi connectivity index (χ1v) is 9.89. The predicted octanol–water partition coefficient (Wildman–Crippen LogP) is 3.50. The molecular formula is C21H23BrN2O4. The molecule has 1 fully saturated rings. The standard InChI is InChI=1S/C21H23BrN2O4/c1-27-16-11-14(12-17(13-16)28-2)20(25)23-15-7-9-24(10-8-15)21(26)18-5-3-4-6-19(18)22/h3-6,11-13,15H,7-10H2,1-2H3,(H,23,25). The van der Waals surface area contributed by atoms with Gasteiger partial charge in [0, 0.05) is 35.2 Å². The van der Waals surface area contributed by atoms with E-state index >= 15 is 0 Å². The number of likely N-dealkylation sites (tertiary alicyclic amines) is 1. The van der Waals surface area contributed by atoms with Crippen molar-refractivity contribution < 1.29 is 19.1 Å². The molecule has 1 N–H and O–H groups in total. The monoisotopic (exact) mass is 446 g/mol. The normalized spacial score (nSPS) is 14.5. The van der Waals surface area contributed by atoms with Crippen molar-refractivity contribution in [1.29, 1.82) is 0 Å². The fraction of sp³-hybridized carbons (Fsp3) is 0.333. The van der Waals surface area contributed by atoms with Crippen LogP contribution in [0.4, 0.5) is 0 Å². The number of amides is 2. The first-order valence-electron chi connectivity index (χ1n) is 9.09. The number of nitrogens with zero attached hydrogens (tertiary/aromatic N) is 1. The summed E-state index contributed by atoms with van der Waals surface area (Å²) < 4.78 is 11.2. The van der Waals surface area contributed by atoms with Crippen LogP contribution in [0.25, 0.3) is 0 Å². The van der Waals surface area contributed by atoms with Gasteiger partial charge < -0.3 is 19.7 Å². The summed E-state index contributed by atoms with van der Waals surface area (Å²) in [5, 5.41) is 3.05. The van der Waals surface area contributed by atoms with E-state index in [2.05, 4.69) is 21.2 Å². The van der Waals surface area contributed by atoms with Gasteiger partial charge in [0.05, 0.1) is 19.8 Å². The van der Waals surface area contributed by atoms with Gasteiger partial charge in [-0.2, -0.15) is 0 Å².